The molecule has 1 amide bonds. The van der Waals surface area contributed by atoms with Crippen molar-refractivity contribution in [3.05, 3.63) is 58.9 Å². The molecule has 2 aromatic rings. The molecule has 0 bridgehead atoms. The molecule has 0 aliphatic carbocycles. The van der Waals surface area contributed by atoms with Crippen molar-refractivity contribution in [2.24, 2.45) is 0 Å². The van der Waals surface area contributed by atoms with E-state index in [0.717, 1.165) is 0 Å². The van der Waals surface area contributed by atoms with Gasteiger partial charge in [-0.05, 0) is 48.7 Å². The predicted octanol–water partition coefficient (Wildman–Crippen LogP) is 3.50. The summed E-state index contributed by atoms with van der Waals surface area (Å²) in [6, 6.07) is 9.64. The fourth-order valence-electron chi connectivity index (χ4n) is 2.44. The van der Waals surface area contributed by atoms with E-state index >= 15 is 0 Å². The van der Waals surface area contributed by atoms with Crippen molar-refractivity contribution in [3.8, 4) is 5.75 Å². The minimum Gasteiger partial charge on any atom is -0.494 e. The van der Waals surface area contributed by atoms with E-state index in [0.29, 0.717) is 28.8 Å². The molecule has 132 valence electrons. The van der Waals surface area contributed by atoms with Crippen molar-refractivity contribution >= 4 is 17.6 Å². The van der Waals surface area contributed by atoms with Crippen LogP contribution in [0.3, 0.4) is 0 Å². The number of hydrogen-bond acceptors (Lipinski definition) is 4. The standard InChI is InChI=1S/C19H20FNO4/c1-12-14(19(23)25-3)5-4-6-16(12)21-18(22)10-8-13-7-9-17(24-2)15(20)11-13/h4-7,9,11H,8,10H2,1-3H3,(H,21,22). The number of anilines is 1. The first-order chi connectivity index (χ1) is 12.0. The number of halogens is 1. The van der Waals surface area contributed by atoms with E-state index in [1.807, 2.05) is 0 Å². The van der Waals surface area contributed by atoms with E-state index in [9.17, 15) is 14.0 Å². The summed E-state index contributed by atoms with van der Waals surface area (Å²) in [7, 11) is 2.71. The third kappa shape index (κ3) is 4.56. The van der Waals surface area contributed by atoms with E-state index in [4.69, 9.17) is 9.47 Å². The average molecular weight is 345 g/mol. The minimum atomic E-state index is -0.456. The molecule has 0 saturated heterocycles. The molecule has 0 fully saturated rings. The second-order valence-electron chi connectivity index (χ2n) is 5.49. The second-order valence-corrected chi connectivity index (χ2v) is 5.49. The summed E-state index contributed by atoms with van der Waals surface area (Å²) in [5.41, 5.74) is 2.29. The molecule has 5 nitrogen and oxygen atoms in total. The van der Waals surface area contributed by atoms with Crippen LogP contribution in [0.2, 0.25) is 0 Å². The summed E-state index contributed by atoms with van der Waals surface area (Å²) >= 11 is 0. The number of benzene rings is 2. The topological polar surface area (TPSA) is 64.6 Å². The van der Waals surface area contributed by atoms with Gasteiger partial charge >= 0.3 is 5.97 Å². The van der Waals surface area contributed by atoms with Crippen molar-refractivity contribution in [2.45, 2.75) is 19.8 Å². The van der Waals surface area contributed by atoms with Crippen LogP contribution in [0, 0.1) is 12.7 Å². The first-order valence-electron chi connectivity index (χ1n) is 7.76. The molecular weight excluding hydrogens is 325 g/mol. The van der Waals surface area contributed by atoms with E-state index in [2.05, 4.69) is 5.32 Å². The number of methoxy groups -OCH3 is 2. The minimum absolute atomic E-state index is 0.170. The zero-order valence-corrected chi connectivity index (χ0v) is 14.4. The number of esters is 1. The van der Waals surface area contributed by atoms with Crippen LogP contribution in [0.25, 0.3) is 0 Å². The summed E-state index contributed by atoms with van der Waals surface area (Å²) in [4.78, 5) is 23.8. The lowest BCUT2D eigenvalue weighted by Crippen LogP contribution is -2.14. The van der Waals surface area contributed by atoms with Gasteiger partial charge in [-0.1, -0.05) is 12.1 Å². The van der Waals surface area contributed by atoms with E-state index in [1.54, 1.807) is 31.2 Å². The van der Waals surface area contributed by atoms with Crippen LogP contribution in [-0.4, -0.2) is 26.1 Å². The van der Waals surface area contributed by atoms with Gasteiger partial charge in [-0.2, -0.15) is 0 Å². The van der Waals surface area contributed by atoms with Gasteiger partial charge in [0.1, 0.15) is 0 Å². The molecule has 0 spiro atoms. The van der Waals surface area contributed by atoms with Gasteiger partial charge in [0, 0.05) is 12.1 Å². The highest BCUT2D eigenvalue weighted by Gasteiger charge is 2.13. The molecule has 2 rings (SSSR count). The van der Waals surface area contributed by atoms with Gasteiger partial charge in [0.2, 0.25) is 5.91 Å². The Morgan fingerprint density at radius 1 is 1.16 bits per heavy atom. The lowest BCUT2D eigenvalue weighted by Gasteiger charge is -2.11. The van der Waals surface area contributed by atoms with Crippen LogP contribution < -0.4 is 10.1 Å². The second kappa shape index (κ2) is 8.28. The highest BCUT2D eigenvalue weighted by atomic mass is 19.1. The number of amides is 1. The summed E-state index contributed by atoms with van der Waals surface area (Å²) in [5, 5.41) is 2.77. The molecular formula is C19H20FNO4. The first kappa shape index (κ1) is 18.4. The smallest absolute Gasteiger partial charge is 0.338 e. The largest absolute Gasteiger partial charge is 0.494 e. The maximum absolute atomic E-state index is 13.7. The Bertz CT molecular complexity index is 789. The van der Waals surface area contributed by atoms with E-state index < -0.39 is 11.8 Å². The molecule has 0 unspecified atom stereocenters. The van der Waals surface area contributed by atoms with Gasteiger partial charge in [0.25, 0.3) is 0 Å². The lowest BCUT2D eigenvalue weighted by atomic mass is 10.1. The third-order valence-corrected chi connectivity index (χ3v) is 3.87. The van der Waals surface area contributed by atoms with Crippen molar-refractivity contribution < 1.29 is 23.5 Å². The Kier molecular flexibility index (Phi) is 6.11. The Balaban J connectivity index is 2.01. The molecule has 0 aromatic heterocycles. The fourth-order valence-corrected chi connectivity index (χ4v) is 2.44. The van der Waals surface area contributed by atoms with Crippen LogP contribution in [0.5, 0.6) is 5.75 Å². The maximum Gasteiger partial charge on any atom is 0.338 e. The SMILES string of the molecule is COC(=O)c1cccc(NC(=O)CCc2ccc(OC)c(F)c2)c1C. The zero-order chi connectivity index (χ0) is 18.4. The number of ether oxygens (including phenoxy) is 2. The fraction of sp³-hybridized carbons (Fsp3) is 0.263. The molecule has 0 aliphatic rings. The number of carbonyl (C=O) groups excluding carboxylic acids is 2. The van der Waals surface area contributed by atoms with Gasteiger partial charge in [0.15, 0.2) is 11.6 Å². The summed E-state index contributed by atoms with van der Waals surface area (Å²) < 4.78 is 23.2. The lowest BCUT2D eigenvalue weighted by molar-refractivity contribution is -0.116. The number of rotatable bonds is 6. The molecule has 0 saturated carbocycles. The summed E-state index contributed by atoms with van der Waals surface area (Å²) in [5.74, 6) is -0.964. The molecule has 25 heavy (non-hydrogen) atoms. The zero-order valence-electron chi connectivity index (χ0n) is 14.4. The van der Waals surface area contributed by atoms with Crippen LogP contribution in [-0.2, 0) is 16.0 Å². The molecule has 6 heteroatoms. The maximum atomic E-state index is 13.7. The van der Waals surface area contributed by atoms with Crippen molar-refractivity contribution in [3.63, 3.8) is 0 Å². The van der Waals surface area contributed by atoms with Crippen LogP contribution in [0.15, 0.2) is 36.4 Å². The summed E-state index contributed by atoms with van der Waals surface area (Å²) in [6.45, 7) is 1.74. The monoisotopic (exact) mass is 345 g/mol. The Morgan fingerprint density at radius 2 is 1.92 bits per heavy atom. The van der Waals surface area contributed by atoms with Crippen LogP contribution in [0.1, 0.15) is 27.9 Å². The molecule has 0 atom stereocenters. The Morgan fingerprint density at radius 3 is 2.56 bits per heavy atom. The van der Waals surface area contributed by atoms with E-state index in [-0.39, 0.29) is 18.1 Å². The molecule has 0 aliphatic heterocycles. The third-order valence-electron chi connectivity index (χ3n) is 3.87. The molecule has 0 radical (unpaired) electrons. The number of carbonyl (C=O) groups is 2. The molecule has 1 N–H and O–H groups in total. The number of nitrogens with one attached hydrogen (secondary N) is 1. The number of aryl methyl sites for hydroxylation is 1. The highest BCUT2D eigenvalue weighted by Crippen LogP contribution is 2.21. The van der Waals surface area contributed by atoms with Crippen LogP contribution >= 0.6 is 0 Å². The quantitative estimate of drug-likeness (QED) is 0.814. The molecule has 2 aromatic carbocycles. The van der Waals surface area contributed by atoms with Gasteiger partial charge in [-0.3, -0.25) is 4.79 Å². The Hall–Kier alpha value is -2.89. The van der Waals surface area contributed by atoms with Gasteiger partial charge in [-0.15, -0.1) is 0 Å². The van der Waals surface area contributed by atoms with E-state index in [1.165, 1.54) is 26.4 Å². The predicted molar refractivity (Wildman–Crippen MR) is 92.4 cm³/mol. The number of hydrogen-bond donors (Lipinski definition) is 1. The van der Waals surface area contributed by atoms with Gasteiger partial charge < -0.3 is 14.8 Å². The van der Waals surface area contributed by atoms with Crippen LogP contribution in [0.4, 0.5) is 10.1 Å². The van der Waals surface area contributed by atoms with Gasteiger partial charge in [-0.25, -0.2) is 9.18 Å². The van der Waals surface area contributed by atoms with Crippen molar-refractivity contribution in [1.29, 1.82) is 0 Å². The normalized spacial score (nSPS) is 10.2. The highest BCUT2D eigenvalue weighted by molar-refractivity contribution is 5.96. The average Bonchev–Trinajstić information content (AvgIpc) is 2.61. The van der Waals surface area contributed by atoms with Gasteiger partial charge in [0.05, 0.1) is 19.8 Å². The molecule has 0 heterocycles. The van der Waals surface area contributed by atoms with Crippen molar-refractivity contribution in [2.75, 3.05) is 19.5 Å². The Labute approximate surface area is 145 Å². The van der Waals surface area contributed by atoms with Crippen molar-refractivity contribution in [1.82, 2.24) is 0 Å². The first-order valence-corrected chi connectivity index (χ1v) is 7.76. The summed E-state index contributed by atoms with van der Waals surface area (Å²) in [6.07, 6.45) is 0.580.